The maximum atomic E-state index is 11.7. The molecule has 0 bridgehead atoms. The van der Waals surface area contributed by atoms with Gasteiger partial charge in [0, 0.05) is 14.1 Å². The Morgan fingerprint density at radius 1 is 1.47 bits per heavy atom. The normalized spacial score (nSPS) is 14.2. The van der Waals surface area contributed by atoms with Crippen LogP contribution < -0.4 is 11.1 Å². The minimum Gasteiger partial charge on any atom is -0.358 e. The number of carbonyl (C=O) groups excluding carboxylic acids is 2. The molecule has 5 nitrogen and oxygen atoms in total. The first kappa shape index (κ1) is 13.9. The number of carbonyl (C=O) groups is 2. The zero-order valence-corrected chi connectivity index (χ0v) is 9.91. The minimum absolute atomic E-state index is 0.0550. The van der Waals surface area contributed by atoms with E-state index in [0.29, 0.717) is 0 Å². The molecule has 0 aromatic heterocycles. The standard InChI is InChI=1S/C10H21N3O2/c1-5-7(2)9(11)10(15)13(4)6-8(14)12-3/h7,9H,5-6,11H2,1-4H3,(H,12,14). The second kappa shape index (κ2) is 6.40. The number of nitrogens with zero attached hydrogens (tertiary/aromatic N) is 1. The summed E-state index contributed by atoms with van der Waals surface area (Å²) in [4.78, 5) is 24.1. The number of hydrogen-bond acceptors (Lipinski definition) is 3. The molecule has 3 N–H and O–H groups in total. The van der Waals surface area contributed by atoms with Gasteiger partial charge in [-0.25, -0.2) is 0 Å². The molecule has 0 aliphatic carbocycles. The Bertz CT molecular complexity index is 231. The van der Waals surface area contributed by atoms with Crippen molar-refractivity contribution in [2.45, 2.75) is 26.3 Å². The number of hydrogen-bond donors (Lipinski definition) is 2. The van der Waals surface area contributed by atoms with E-state index in [-0.39, 0.29) is 24.3 Å². The van der Waals surface area contributed by atoms with Crippen LogP contribution in [-0.4, -0.2) is 43.4 Å². The lowest BCUT2D eigenvalue weighted by Crippen LogP contribution is -2.48. The van der Waals surface area contributed by atoms with Gasteiger partial charge < -0.3 is 16.0 Å². The van der Waals surface area contributed by atoms with Crippen molar-refractivity contribution in [1.82, 2.24) is 10.2 Å². The van der Waals surface area contributed by atoms with Crippen LogP contribution in [0, 0.1) is 5.92 Å². The number of likely N-dealkylation sites (N-methyl/N-ethyl adjacent to an activating group) is 2. The van der Waals surface area contributed by atoms with Crippen molar-refractivity contribution >= 4 is 11.8 Å². The zero-order valence-electron chi connectivity index (χ0n) is 9.91. The van der Waals surface area contributed by atoms with Gasteiger partial charge in [-0.1, -0.05) is 20.3 Å². The number of rotatable bonds is 5. The third kappa shape index (κ3) is 4.29. The van der Waals surface area contributed by atoms with E-state index < -0.39 is 6.04 Å². The summed E-state index contributed by atoms with van der Waals surface area (Å²) >= 11 is 0. The van der Waals surface area contributed by atoms with E-state index in [1.807, 2.05) is 13.8 Å². The molecule has 0 radical (unpaired) electrons. The van der Waals surface area contributed by atoms with Crippen LogP contribution in [0.15, 0.2) is 0 Å². The van der Waals surface area contributed by atoms with E-state index >= 15 is 0 Å². The Kier molecular flexibility index (Phi) is 5.93. The van der Waals surface area contributed by atoms with E-state index in [9.17, 15) is 9.59 Å². The van der Waals surface area contributed by atoms with Gasteiger partial charge in [0.05, 0.1) is 12.6 Å². The predicted molar refractivity (Wildman–Crippen MR) is 59.1 cm³/mol. The van der Waals surface area contributed by atoms with E-state index in [0.717, 1.165) is 6.42 Å². The van der Waals surface area contributed by atoms with Crippen LogP contribution in [0.3, 0.4) is 0 Å². The lowest BCUT2D eigenvalue weighted by atomic mass is 9.99. The van der Waals surface area contributed by atoms with E-state index in [1.54, 1.807) is 7.05 Å². The highest BCUT2D eigenvalue weighted by atomic mass is 16.2. The van der Waals surface area contributed by atoms with Gasteiger partial charge in [0.1, 0.15) is 0 Å². The maximum Gasteiger partial charge on any atom is 0.239 e. The van der Waals surface area contributed by atoms with Gasteiger partial charge in [-0.2, -0.15) is 0 Å². The third-order valence-electron chi connectivity index (χ3n) is 2.58. The summed E-state index contributed by atoms with van der Waals surface area (Å²) in [5, 5.41) is 2.46. The summed E-state index contributed by atoms with van der Waals surface area (Å²) < 4.78 is 0. The maximum absolute atomic E-state index is 11.7. The topological polar surface area (TPSA) is 75.4 Å². The van der Waals surface area contributed by atoms with Gasteiger partial charge in [-0.05, 0) is 5.92 Å². The molecule has 0 aromatic rings. The second-order valence-corrected chi connectivity index (χ2v) is 3.78. The highest BCUT2D eigenvalue weighted by molar-refractivity contribution is 5.87. The van der Waals surface area contributed by atoms with Gasteiger partial charge in [-0.15, -0.1) is 0 Å². The predicted octanol–water partition coefficient (Wildman–Crippen LogP) is -0.436. The smallest absolute Gasteiger partial charge is 0.239 e. The molecule has 2 unspecified atom stereocenters. The molecular formula is C10H21N3O2. The lowest BCUT2D eigenvalue weighted by Gasteiger charge is -2.23. The summed E-state index contributed by atoms with van der Waals surface area (Å²) in [7, 11) is 3.12. The molecule has 15 heavy (non-hydrogen) atoms. The van der Waals surface area contributed by atoms with Crippen LogP contribution in [0.1, 0.15) is 20.3 Å². The molecule has 0 saturated heterocycles. The molecule has 0 rings (SSSR count). The van der Waals surface area contributed by atoms with Crippen molar-refractivity contribution in [2.24, 2.45) is 11.7 Å². The van der Waals surface area contributed by atoms with Crippen molar-refractivity contribution in [3.63, 3.8) is 0 Å². The fourth-order valence-electron chi connectivity index (χ4n) is 1.12. The van der Waals surface area contributed by atoms with E-state index in [2.05, 4.69) is 5.32 Å². The monoisotopic (exact) mass is 215 g/mol. The Morgan fingerprint density at radius 3 is 2.40 bits per heavy atom. The summed E-state index contributed by atoms with van der Waals surface area (Å²) in [5.74, 6) is -0.250. The fraction of sp³-hybridized carbons (Fsp3) is 0.800. The molecule has 0 aliphatic heterocycles. The molecule has 5 heteroatoms. The Hall–Kier alpha value is -1.10. The Labute approximate surface area is 91.0 Å². The highest BCUT2D eigenvalue weighted by Gasteiger charge is 2.23. The number of nitrogens with one attached hydrogen (secondary N) is 1. The van der Waals surface area contributed by atoms with Crippen LogP contribution in [0.4, 0.5) is 0 Å². The SMILES string of the molecule is CCC(C)C(N)C(=O)N(C)CC(=O)NC. The van der Waals surface area contributed by atoms with Crippen LogP contribution in [0.25, 0.3) is 0 Å². The van der Waals surface area contributed by atoms with E-state index in [4.69, 9.17) is 5.73 Å². The number of nitrogens with two attached hydrogens (primary N) is 1. The Morgan fingerprint density at radius 2 is 2.00 bits per heavy atom. The molecule has 0 saturated carbocycles. The zero-order chi connectivity index (χ0) is 12.0. The third-order valence-corrected chi connectivity index (χ3v) is 2.58. The molecule has 0 fully saturated rings. The van der Waals surface area contributed by atoms with Crippen LogP contribution in [0.5, 0.6) is 0 Å². The molecule has 88 valence electrons. The summed E-state index contributed by atoms with van der Waals surface area (Å²) in [6.45, 7) is 3.96. The molecule has 0 heterocycles. The molecular weight excluding hydrogens is 194 g/mol. The summed E-state index contributed by atoms with van der Waals surface area (Å²) in [5.41, 5.74) is 5.77. The first-order valence-corrected chi connectivity index (χ1v) is 5.15. The molecule has 2 amide bonds. The van der Waals surface area contributed by atoms with Crippen molar-refractivity contribution in [3.8, 4) is 0 Å². The quantitative estimate of drug-likeness (QED) is 0.653. The van der Waals surface area contributed by atoms with Gasteiger partial charge in [-0.3, -0.25) is 9.59 Å². The first-order valence-electron chi connectivity index (χ1n) is 5.15. The van der Waals surface area contributed by atoms with Crippen molar-refractivity contribution < 1.29 is 9.59 Å². The highest BCUT2D eigenvalue weighted by Crippen LogP contribution is 2.07. The largest absolute Gasteiger partial charge is 0.358 e. The second-order valence-electron chi connectivity index (χ2n) is 3.78. The van der Waals surface area contributed by atoms with Crippen molar-refractivity contribution in [2.75, 3.05) is 20.6 Å². The van der Waals surface area contributed by atoms with Gasteiger partial charge in [0.25, 0.3) is 0 Å². The van der Waals surface area contributed by atoms with Gasteiger partial charge in [0.15, 0.2) is 0 Å². The van der Waals surface area contributed by atoms with Gasteiger partial charge in [0.2, 0.25) is 11.8 Å². The molecule has 2 atom stereocenters. The molecule has 0 aliphatic rings. The summed E-state index contributed by atoms with van der Waals surface area (Å²) in [6.07, 6.45) is 0.848. The van der Waals surface area contributed by atoms with Crippen LogP contribution in [0.2, 0.25) is 0 Å². The average Bonchev–Trinajstić information content (AvgIpc) is 2.25. The lowest BCUT2D eigenvalue weighted by molar-refractivity contribution is -0.136. The van der Waals surface area contributed by atoms with Crippen molar-refractivity contribution in [3.05, 3.63) is 0 Å². The first-order chi connectivity index (χ1) is 6.93. The molecule has 0 aromatic carbocycles. The number of amides is 2. The summed E-state index contributed by atoms with van der Waals surface area (Å²) in [6, 6.07) is -0.523. The minimum atomic E-state index is -0.523. The Balaban J connectivity index is 4.25. The van der Waals surface area contributed by atoms with Crippen LogP contribution in [-0.2, 0) is 9.59 Å². The van der Waals surface area contributed by atoms with Crippen molar-refractivity contribution in [1.29, 1.82) is 0 Å². The average molecular weight is 215 g/mol. The van der Waals surface area contributed by atoms with Crippen LogP contribution >= 0.6 is 0 Å². The fourth-order valence-corrected chi connectivity index (χ4v) is 1.12. The molecule has 0 spiro atoms. The van der Waals surface area contributed by atoms with Gasteiger partial charge >= 0.3 is 0 Å². The van der Waals surface area contributed by atoms with E-state index in [1.165, 1.54) is 11.9 Å².